The fourth-order valence-corrected chi connectivity index (χ4v) is 2.56. The molecular formula is C15H17FN4O2. The number of nitrogens with zero attached hydrogens (tertiary/aromatic N) is 2. The molecule has 2 atom stereocenters. The fraction of sp³-hybridized carbons (Fsp3) is 0.400. The number of rotatable bonds is 4. The summed E-state index contributed by atoms with van der Waals surface area (Å²) < 4.78 is 19.1. The van der Waals surface area contributed by atoms with Crippen molar-refractivity contribution in [2.45, 2.75) is 19.4 Å². The number of nitrogens with one attached hydrogen (secondary N) is 2. The summed E-state index contributed by atoms with van der Waals surface area (Å²) in [5.41, 5.74) is 0.322. The Balaban J connectivity index is 1.89. The lowest BCUT2D eigenvalue weighted by atomic mass is 10.0. The molecule has 6 nitrogen and oxygen atoms in total. The van der Waals surface area contributed by atoms with E-state index in [1.807, 2.05) is 0 Å². The third-order valence-corrected chi connectivity index (χ3v) is 3.74. The molecule has 2 aromatic rings. The van der Waals surface area contributed by atoms with E-state index in [9.17, 15) is 9.18 Å². The number of carbonyl (C=O) groups excluding carboxylic acids is 1. The van der Waals surface area contributed by atoms with Gasteiger partial charge in [0.25, 0.3) is 0 Å². The Morgan fingerprint density at radius 2 is 2.32 bits per heavy atom. The van der Waals surface area contributed by atoms with Gasteiger partial charge in [-0.25, -0.2) is 4.39 Å². The smallest absolute Gasteiger partial charge is 0.225 e. The average molecular weight is 304 g/mol. The quantitative estimate of drug-likeness (QED) is 0.891. The van der Waals surface area contributed by atoms with Crippen molar-refractivity contribution in [1.29, 1.82) is 0 Å². The van der Waals surface area contributed by atoms with Crippen LogP contribution in [-0.2, 0) is 4.79 Å². The summed E-state index contributed by atoms with van der Waals surface area (Å²) >= 11 is 0. The monoisotopic (exact) mass is 304 g/mol. The molecule has 1 saturated heterocycles. The van der Waals surface area contributed by atoms with Gasteiger partial charge >= 0.3 is 0 Å². The lowest BCUT2D eigenvalue weighted by Gasteiger charge is -2.18. The minimum atomic E-state index is -0.758. The van der Waals surface area contributed by atoms with Gasteiger partial charge in [0.2, 0.25) is 11.8 Å². The fourth-order valence-electron chi connectivity index (χ4n) is 2.56. The van der Waals surface area contributed by atoms with Crippen LogP contribution >= 0.6 is 0 Å². The maximum atomic E-state index is 14.1. The number of carbonyl (C=O) groups is 1. The van der Waals surface area contributed by atoms with Gasteiger partial charge in [0.1, 0.15) is 11.9 Å². The average Bonchev–Trinajstić information content (AvgIpc) is 3.17. The first-order valence-corrected chi connectivity index (χ1v) is 7.21. The Morgan fingerprint density at radius 3 is 2.95 bits per heavy atom. The van der Waals surface area contributed by atoms with Gasteiger partial charge in [-0.1, -0.05) is 23.4 Å². The van der Waals surface area contributed by atoms with Crippen molar-refractivity contribution in [2.24, 2.45) is 5.92 Å². The first-order chi connectivity index (χ1) is 10.6. The van der Waals surface area contributed by atoms with Crippen LogP contribution < -0.4 is 10.6 Å². The number of hydrogen-bond donors (Lipinski definition) is 2. The van der Waals surface area contributed by atoms with E-state index >= 15 is 0 Å². The lowest BCUT2D eigenvalue weighted by Crippen LogP contribution is -2.36. The van der Waals surface area contributed by atoms with Crippen molar-refractivity contribution in [3.05, 3.63) is 47.4 Å². The first kappa shape index (κ1) is 14.6. The molecule has 0 aliphatic carbocycles. The molecule has 1 aromatic carbocycles. The molecule has 1 aliphatic rings. The molecule has 2 heterocycles. The van der Waals surface area contributed by atoms with Gasteiger partial charge in [0.05, 0.1) is 5.92 Å². The van der Waals surface area contributed by atoms with Gasteiger partial charge in [0, 0.05) is 19.0 Å². The molecule has 0 spiro atoms. The predicted octanol–water partition coefficient (Wildman–Crippen LogP) is 1.33. The van der Waals surface area contributed by atoms with Crippen LogP contribution in [0.3, 0.4) is 0 Å². The van der Waals surface area contributed by atoms with E-state index in [-0.39, 0.29) is 17.6 Å². The largest absolute Gasteiger partial charge is 0.341 e. The highest BCUT2D eigenvalue weighted by atomic mass is 19.1. The molecular weight excluding hydrogens is 287 g/mol. The number of halogens is 1. The van der Waals surface area contributed by atoms with Crippen molar-refractivity contribution in [1.82, 2.24) is 20.8 Å². The van der Waals surface area contributed by atoms with Crippen LogP contribution in [0.25, 0.3) is 0 Å². The van der Waals surface area contributed by atoms with E-state index in [0.717, 1.165) is 13.0 Å². The van der Waals surface area contributed by atoms with Crippen molar-refractivity contribution >= 4 is 5.91 Å². The zero-order valence-corrected chi connectivity index (χ0v) is 12.2. The second-order valence-corrected chi connectivity index (χ2v) is 5.32. The second kappa shape index (κ2) is 6.23. The van der Waals surface area contributed by atoms with Crippen molar-refractivity contribution in [3.63, 3.8) is 0 Å². The van der Waals surface area contributed by atoms with Gasteiger partial charge in [-0.3, -0.25) is 4.79 Å². The zero-order chi connectivity index (χ0) is 15.5. The van der Waals surface area contributed by atoms with Crippen molar-refractivity contribution in [2.75, 3.05) is 13.1 Å². The van der Waals surface area contributed by atoms with E-state index in [1.54, 1.807) is 25.1 Å². The Hall–Kier alpha value is -2.28. The summed E-state index contributed by atoms with van der Waals surface area (Å²) in [6.07, 6.45) is 0.765. The van der Waals surface area contributed by atoms with E-state index in [2.05, 4.69) is 20.8 Å². The number of amides is 1. The summed E-state index contributed by atoms with van der Waals surface area (Å²) in [5.74, 6) is -0.0576. The molecule has 3 rings (SSSR count). The van der Waals surface area contributed by atoms with Gasteiger partial charge in [-0.05, 0) is 19.0 Å². The standard InChI is InChI=1S/C15H17FN4O2/c1-9-18-14(20-22-9)13(11-4-2-3-5-12(11)16)19-15(21)10-6-7-17-8-10/h2-5,10,13,17H,6-8H2,1H3,(H,19,21)/t10-,13-/m1/s1. The van der Waals surface area contributed by atoms with E-state index < -0.39 is 11.9 Å². The van der Waals surface area contributed by atoms with E-state index in [1.165, 1.54) is 6.07 Å². The molecule has 0 unspecified atom stereocenters. The molecule has 1 fully saturated rings. The Morgan fingerprint density at radius 1 is 1.50 bits per heavy atom. The Labute approximate surface area is 127 Å². The van der Waals surface area contributed by atoms with Crippen LogP contribution in [0.15, 0.2) is 28.8 Å². The third-order valence-electron chi connectivity index (χ3n) is 3.74. The van der Waals surface area contributed by atoms with Gasteiger partial charge in [-0.15, -0.1) is 0 Å². The number of hydrogen-bond acceptors (Lipinski definition) is 5. The summed E-state index contributed by atoms with van der Waals surface area (Å²) in [5, 5.41) is 9.81. The summed E-state index contributed by atoms with van der Waals surface area (Å²) in [7, 11) is 0. The SMILES string of the molecule is Cc1nc([C@H](NC(=O)[C@@H]2CCNC2)c2ccccc2F)no1. The van der Waals surface area contributed by atoms with Gasteiger partial charge in [0.15, 0.2) is 5.82 Å². The van der Waals surface area contributed by atoms with Gasteiger partial charge in [-0.2, -0.15) is 4.98 Å². The minimum Gasteiger partial charge on any atom is -0.341 e. The highest BCUT2D eigenvalue weighted by Gasteiger charge is 2.29. The lowest BCUT2D eigenvalue weighted by molar-refractivity contribution is -0.125. The molecule has 2 N–H and O–H groups in total. The van der Waals surface area contributed by atoms with Crippen LogP contribution in [0.1, 0.15) is 29.7 Å². The summed E-state index contributed by atoms with van der Waals surface area (Å²) in [4.78, 5) is 16.5. The molecule has 0 bridgehead atoms. The number of aromatic nitrogens is 2. The zero-order valence-electron chi connectivity index (χ0n) is 12.2. The van der Waals surface area contributed by atoms with Gasteiger partial charge < -0.3 is 15.2 Å². The first-order valence-electron chi connectivity index (χ1n) is 7.21. The molecule has 116 valence electrons. The molecule has 1 aliphatic heterocycles. The van der Waals surface area contributed by atoms with Crippen LogP contribution in [0, 0.1) is 18.7 Å². The second-order valence-electron chi connectivity index (χ2n) is 5.32. The number of benzene rings is 1. The predicted molar refractivity (Wildman–Crippen MR) is 76.4 cm³/mol. The summed E-state index contributed by atoms with van der Waals surface area (Å²) in [6, 6.07) is 5.51. The number of aryl methyl sites for hydroxylation is 1. The highest BCUT2D eigenvalue weighted by Crippen LogP contribution is 2.23. The maximum absolute atomic E-state index is 14.1. The van der Waals surface area contributed by atoms with E-state index in [0.29, 0.717) is 18.0 Å². The van der Waals surface area contributed by atoms with Crippen molar-refractivity contribution in [3.8, 4) is 0 Å². The van der Waals surface area contributed by atoms with Crippen LogP contribution in [0.5, 0.6) is 0 Å². The summed E-state index contributed by atoms with van der Waals surface area (Å²) in [6.45, 7) is 3.09. The maximum Gasteiger partial charge on any atom is 0.225 e. The third kappa shape index (κ3) is 2.99. The topological polar surface area (TPSA) is 80.0 Å². The van der Waals surface area contributed by atoms with Crippen LogP contribution in [-0.4, -0.2) is 29.1 Å². The van der Waals surface area contributed by atoms with Crippen molar-refractivity contribution < 1.29 is 13.7 Å². The molecule has 1 amide bonds. The molecule has 1 aromatic heterocycles. The van der Waals surface area contributed by atoms with Crippen LogP contribution in [0.2, 0.25) is 0 Å². The Kier molecular flexibility index (Phi) is 4.15. The molecule has 7 heteroatoms. The molecule has 22 heavy (non-hydrogen) atoms. The van der Waals surface area contributed by atoms with E-state index in [4.69, 9.17) is 4.52 Å². The molecule has 0 radical (unpaired) electrons. The normalized spacial score (nSPS) is 19.1. The Bertz CT molecular complexity index is 667. The highest BCUT2D eigenvalue weighted by molar-refractivity contribution is 5.80. The molecule has 0 saturated carbocycles. The van der Waals surface area contributed by atoms with Crippen LogP contribution in [0.4, 0.5) is 4.39 Å². The minimum absolute atomic E-state index is 0.123.